The fourth-order valence-electron chi connectivity index (χ4n) is 1.00. The summed E-state index contributed by atoms with van der Waals surface area (Å²) in [6.07, 6.45) is 2.85. The monoisotopic (exact) mass is 210 g/mol. The van der Waals surface area contributed by atoms with Gasteiger partial charge in [-0.3, -0.25) is 0 Å². The van der Waals surface area contributed by atoms with Crippen molar-refractivity contribution in [2.75, 3.05) is 0 Å². The minimum atomic E-state index is -0.291. The van der Waals surface area contributed by atoms with E-state index in [0.717, 1.165) is 19.3 Å². The molecule has 2 nitrogen and oxygen atoms in total. The van der Waals surface area contributed by atoms with Crippen LogP contribution in [0.5, 0.6) is 0 Å². The van der Waals surface area contributed by atoms with Crippen molar-refractivity contribution in [3.8, 4) is 0 Å². The summed E-state index contributed by atoms with van der Waals surface area (Å²) < 4.78 is 5.07. The Morgan fingerprint density at radius 3 is 3.00 bits per heavy atom. The molecule has 0 fully saturated rings. The van der Waals surface area contributed by atoms with Gasteiger partial charge >= 0.3 is 5.97 Å². The van der Waals surface area contributed by atoms with Crippen molar-refractivity contribution in [1.29, 1.82) is 0 Å². The lowest BCUT2D eigenvalue weighted by Gasteiger charge is -2.04. The van der Waals surface area contributed by atoms with Crippen molar-refractivity contribution in [3.63, 3.8) is 0 Å². The smallest absolute Gasteiger partial charge is 0.353 e. The average molecular weight is 210 g/mol. The molecule has 0 aliphatic carbocycles. The predicted octanol–water partition coefficient (Wildman–Crippen LogP) is 3.61. The molecule has 0 aliphatic rings. The lowest BCUT2D eigenvalue weighted by molar-refractivity contribution is 0.0620. The molecule has 0 spiro atoms. The van der Waals surface area contributed by atoms with Crippen LogP contribution in [0.4, 0.5) is 0 Å². The maximum Gasteiger partial charge on any atom is 0.353 e. The predicted molar refractivity (Wildman–Crippen MR) is 58.4 cm³/mol. The number of thiophene rings is 1. The molecule has 0 saturated heterocycles. The summed E-state index contributed by atoms with van der Waals surface area (Å²) in [5.74, 6) is 0.270. The Kier molecular flexibility index (Phi) is 4.40. The van der Waals surface area contributed by atoms with Crippen molar-refractivity contribution in [1.82, 2.24) is 0 Å². The largest absolute Gasteiger partial charge is 0.428 e. The molecule has 0 radical (unpaired) electrons. The summed E-state index contributed by atoms with van der Waals surface area (Å²) in [6, 6.07) is 3.58. The fourth-order valence-corrected chi connectivity index (χ4v) is 1.60. The van der Waals surface area contributed by atoms with Gasteiger partial charge in [0.15, 0.2) is 0 Å². The van der Waals surface area contributed by atoms with Crippen LogP contribution in [0.3, 0.4) is 0 Å². The Bertz CT molecular complexity index is 301. The summed E-state index contributed by atoms with van der Waals surface area (Å²) in [5.41, 5.74) is 0. The first-order valence-corrected chi connectivity index (χ1v) is 5.55. The first-order valence-electron chi connectivity index (χ1n) is 4.67. The second kappa shape index (κ2) is 5.60. The van der Waals surface area contributed by atoms with Gasteiger partial charge in [-0.15, -0.1) is 11.3 Å². The van der Waals surface area contributed by atoms with E-state index in [4.69, 9.17) is 4.74 Å². The number of carbonyl (C=O) groups is 1. The van der Waals surface area contributed by atoms with Crippen LogP contribution < -0.4 is 0 Å². The van der Waals surface area contributed by atoms with E-state index in [1.54, 1.807) is 6.07 Å². The Balaban J connectivity index is 2.38. The van der Waals surface area contributed by atoms with E-state index >= 15 is 0 Å². The fraction of sp³-hybridized carbons (Fsp3) is 0.364. The van der Waals surface area contributed by atoms with Crippen molar-refractivity contribution >= 4 is 17.3 Å². The number of rotatable bonds is 5. The second-order valence-electron chi connectivity index (χ2n) is 3.01. The van der Waals surface area contributed by atoms with Crippen LogP contribution >= 0.6 is 11.3 Å². The van der Waals surface area contributed by atoms with Gasteiger partial charge in [0.25, 0.3) is 0 Å². The van der Waals surface area contributed by atoms with Crippen molar-refractivity contribution < 1.29 is 9.53 Å². The topological polar surface area (TPSA) is 26.3 Å². The summed E-state index contributed by atoms with van der Waals surface area (Å²) in [6.45, 7) is 5.80. The van der Waals surface area contributed by atoms with Crippen LogP contribution in [0.2, 0.25) is 0 Å². The molecular formula is C11H14O2S. The van der Waals surface area contributed by atoms with Gasteiger partial charge in [0, 0.05) is 6.42 Å². The number of hydrogen-bond acceptors (Lipinski definition) is 3. The molecule has 1 heterocycles. The number of ether oxygens (including phenoxy) is 1. The van der Waals surface area contributed by atoms with Crippen molar-refractivity contribution in [3.05, 3.63) is 34.7 Å². The Labute approximate surface area is 88.2 Å². The van der Waals surface area contributed by atoms with Gasteiger partial charge in [-0.2, -0.15) is 0 Å². The molecule has 0 bridgehead atoms. The number of hydrogen-bond donors (Lipinski definition) is 0. The van der Waals surface area contributed by atoms with E-state index in [9.17, 15) is 4.79 Å². The normalized spacial score (nSPS) is 9.79. The van der Waals surface area contributed by atoms with E-state index in [1.165, 1.54) is 11.3 Å². The Morgan fingerprint density at radius 1 is 1.64 bits per heavy atom. The average Bonchev–Trinajstić information content (AvgIpc) is 2.67. The third-order valence-electron chi connectivity index (χ3n) is 1.77. The first-order chi connectivity index (χ1) is 6.74. The molecule has 0 atom stereocenters. The standard InChI is InChI=1S/C11H14O2S/c1-3-4-6-9(2)13-11(12)10-7-5-8-14-10/h5,7-8H,2-4,6H2,1H3. The van der Waals surface area contributed by atoms with Crippen LogP contribution in [0.15, 0.2) is 29.9 Å². The third kappa shape index (κ3) is 3.34. The maximum atomic E-state index is 11.4. The Hall–Kier alpha value is -1.09. The molecule has 0 amide bonds. The van der Waals surface area contributed by atoms with Gasteiger partial charge in [0.2, 0.25) is 0 Å². The van der Waals surface area contributed by atoms with Crippen LogP contribution in [-0.2, 0) is 4.74 Å². The molecule has 0 saturated carbocycles. The molecule has 3 heteroatoms. The highest BCUT2D eigenvalue weighted by Gasteiger charge is 2.09. The lowest BCUT2D eigenvalue weighted by atomic mass is 10.2. The highest BCUT2D eigenvalue weighted by Crippen LogP contribution is 2.14. The molecular weight excluding hydrogens is 196 g/mol. The zero-order valence-electron chi connectivity index (χ0n) is 8.29. The van der Waals surface area contributed by atoms with E-state index < -0.39 is 0 Å². The SMILES string of the molecule is C=C(CCCC)OC(=O)c1cccs1. The van der Waals surface area contributed by atoms with Gasteiger partial charge in [0.05, 0.1) is 0 Å². The first kappa shape index (κ1) is 11.0. The molecule has 76 valence electrons. The summed E-state index contributed by atoms with van der Waals surface area (Å²) in [4.78, 5) is 12.0. The van der Waals surface area contributed by atoms with Crippen LogP contribution in [-0.4, -0.2) is 5.97 Å². The van der Waals surface area contributed by atoms with Gasteiger partial charge in [-0.1, -0.05) is 26.0 Å². The van der Waals surface area contributed by atoms with Crippen molar-refractivity contribution in [2.45, 2.75) is 26.2 Å². The molecule has 1 aromatic heterocycles. The molecule has 0 aromatic carbocycles. The number of allylic oxidation sites excluding steroid dienone is 1. The van der Waals surface area contributed by atoms with Crippen LogP contribution in [0.1, 0.15) is 35.9 Å². The second-order valence-corrected chi connectivity index (χ2v) is 3.96. The number of unbranched alkanes of at least 4 members (excludes halogenated alkanes) is 1. The molecule has 1 rings (SSSR count). The van der Waals surface area contributed by atoms with E-state index in [2.05, 4.69) is 13.5 Å². The van der Waals surface area contributed by atoms with Gasteiger partial charge < -0.3 is 4.74 Å². The Morgan fingerprint density at radius 2 is 2.43 bits per heavy atom. The molecule has 0 N–H and O–H groups in total. The quantitative estimate of drug-likeness (QED) is 0.548. The number of esters is 1. The molecule has 0 unspecified atom stereocenters. The third-order valence-corrected chi connectivity index (χ3v) is 2.62. The number of carbonyl (C=O) groups excluding carboxylic acids is 1. The van der Waals surface area contributed by atoms with Crippen molar-refractivity contribution in [2.24, 2.45) is 0 Å². The molecule has 1 aromatic rings. The van der Waals surface area contributed by atoms with Crippen LogP contribution in [0.25, 0.3) is 0 Å². The van der Waals surface area contributed by atoms with Gasteiger partial charge in [0.1, 0.15) is 10.6 Å². The summed E-state index contributed by atoms with van der Waals surface area (Å²) >= 11 is 1.38. The molecule has 14 heavy (non-hydrogen) atoms. The summed E-state index contributed by atoms with van der Waals surface area (Å²) in [5, 5.41) is 1.85. The highest BCUT2D eigenvalue weighted by atomic mass is 32.1. The molecule has 0 aliphatic heterocycles. The van der Waals surface area contributed by atoms with E-state index in [-0.39, 0.29) is 5.97 Å². The highest BCUT2D eigenvalue weighted by molar-refractivity contribution is 7.11. The lowest BCUT2D eigenvalue weighted by Crippen LogP contribution is -2.02. The zero-order chi connectivity index (χ0) is 10.4. The van der Waals surface area contributed by atoms with Gasteiger partial charge in [-0.25, -0.2) is 4.79 Å². The zero-order valence-corrected chi connectivity index (χ0v) is 9.10. The minimum absolute atomic E-state index is 0.291. The van der Waals surface area contributed by atoms with E-state index in [0.29, 0.717) is 10.6 Å². The van der Waals surface area contributed by atoms with Gasteiger partial charge in [-0.05, 0) is 17.9 Å². The minimum Gasteiger partial charge on any atom is -0.428 e. The maximum absolute atomic E-state index is 11.4. The van der Waals surface area contributed by atoms with Crippen LogP contribution in [0, 0.1) is 0 Å². The summed E-state index contributed by atoms with van der Waals surface area (Å²) in [7, 11) is 0. The van der Waals surface area contributed by atoms with E-state index in [1.807, 2.05) is 11.4 Å².